The van der Waals surface area contributed by atoms with E-state index in [0.29, 0.717) is 5.56 Å². The first-order chi connectivity index (χ1) is 10.8. The molecule has 0 amide bonds. The Balaban J connectivity index is 1.89. The smallest absolute Gasteiger partial charge is 0.121 e. The minimum Gasteiger partial charge on any atom is -0.508 e. The van der Waals surface area contributed by atoms with E-state index in [9.17, 15) is 10.2 Å². The number of fused-ring (bicyclic) bond motifs is 3. The van der Waals surface area contributed by atoms with Crippen molar-refractivity contribution in [3.8, 4) is 28.0 Å². The van der Waals surface area contributed by atoms with Crippen LogP contribution in [-0.4, -0.2) is 10.2 Å². The highest BCUT2D eigenvalue weighted by Crippen LogP contribution is 2.41. The van der Waals surface area contributed by atoms with E-state index in [4.69, 9.17) is 0 Å². The Labute approximate surface area is 129 Å². The molecule has 108 valence electrons. The topological polar surface area (TPSA) is 40.5 Å². The third-order valence-corrected chi connectivity index (χ3v) is 4.41. The number of hydrogen-bond donors (Lipinski definition) is 2. The van der Waals surface area contributed by atoms with Crippen LogP contribution in [0.3, 0.4) is 0 Å². The summed E-state index contributed by atoms with van der Waals surface area (Å²) >= 11 is 0. The Bertz CT molecular complexity index is 865. The molecule has 0 aromatic heterocycles. The van der Waals surface area contributed by atoms with Crippen molar-refractivity contribution in [3.05, 3.63) is 77.4 Å². The lowest BCUT2D eigenvalue weighted by Crippen LogP contribution is -1.90. The fraction of sp³-hybridized carbons (Fsp3) is 0.100. The van der Waals surface area contributed by atoms with Gasteiger partial charge in [-0.25, -0.2) is 0 Å². The van der Waals surface area contributed by atoms with Gasteiger partial charge in [0.25, 0.3) is 0 Å². The van der Waals surface area contributed by atoms with Gasteiger partial charge in [0.05, 0.1) is 6.61 Å². The summed E-state index contributed by atoms with van der Waals surface area (Å²) in [5.41, 5.74) is 8.03. The number of aromatic hydroxyl groups is 1. The standard InChI is InChI=1S/C20H16O2/c21-12-15-10-14(8-9-20(15)22)17-6-3-7-18-16-5-2-1-4-13(16)11-19(17)18/h1-10,21-22H,11-12H2. The van der Waals surface area contributed by atoms with Gasteiger partial charge in [-0.2, -0.15) is 0 Å². The zero-order chi connectivity index (χ0) is 15.1. The van der Waals surface area contributed by atoms with Crippen LogP contribution in [0.2, 0.25) is 0 Å². The average Bonchev–Trinajstić information content (AvgIpc) is 2.94. The molecule has 0 saturated carbocycles. The Morgan fingerprint density at radius 3 is 2.45 bits per heavy atom. The van der Waals surface area contributed by atoms with E-state index in [1.165, 1.54) is 27.8 Å². The van der Waals surface area contributed by atoms with Crippen LogP contribution < -0.4 is 0 Å². The van der Waals surface area contributed by atoms with Gasteiger partial charge in [-0.1, -0.05) is 48.5 Å². The van der Waals surface area contributed by atoms with Gasteiger partial charge in [0, 0.05) is 5.56 Å². The van der Waals surface area contributed by atoms with Crippen LogP contribution in [0.4, 0.5) is 0 Å². The summed E-state index contributed by atoms with van der Waals surface area (Å²) < 4.78 is 0. The molecule has 0 fully saturated rings. The quantitative estimate of drug-likeness (QED) is 0.582. The minimum absolute atomic E-state index is 0.141. The van der Waals surface area contributed by atoms with Gasteiger partial charge >= 0.3 is 0 Å². The van der Waals surface area contributed by atoms with Gasteiger partial charge in [-0.05, 0) is 51.9 Å². The number of rotatable bonds is 2. The van der Waals surface area contributed by atoms with Crippen LogP contribution in [0.1, 0.15) is 16.7 Å². The van der Waals surface area contributed by atoms with Crippen molar-refractivity contribution in [2.75, 3.05) is 0 Å². The van der Waals surface area contributed by atoms with E-state index in [-0.39, 0.29) is 12.4 Å². The number of aliphatic hydroxyl groups excluding tert-OH is 1. The lowest BCUT2D eigenvalue weighted by atomic mass is 9.94. The highest BCUT2D eigenvalue weighted by atomic mass is 16.3. The fourth-order valence-electron chi connectivity index (χ4n) is 3.31. The second-order valence-corrected chi connectivity index (χ2v) is 5.67. The molecule has 0 atom stereocenters. The first-order valence-electron chi connectivity index (χ1n) is 7.41. The summed E-state index contributed by atoms with van der Waals surface area (Å²) in [5.74, 6) is 0.141. The summed E-state index contributed by atoms with van der Waals surface area (Å²) in [4.78, 5) is 0. The molecule has 0 unspecified atom stereocenters. The van der Waals surface area contributed by atoms with Gasteiger partial charge in [-0.15, -0.1) is 0 Å². The van der Waals surface area contributed by atoms with Crippen molar-refractivity contribution in [3.63, 3.8) is 0 Å². The van der Waals surface area contributed by atoms with Crippen LogP contribution in [0.5, 0.6) is 5.75 Å². The second-order valence-electron chi connectivity index (χ2n) is 5.67. The monoisotopic (exact) mass is 288 g/mol. The molecule has 0 saturated heterocycles. The van der Waals surface area contributed by atoms with Gasteiger partial charge < -0.3 is 10.2 Å². The van der Waals surface area contributed by atoms with Crippen LogP contribution >= 0.6 is 0 Å². The van der Waals surface area contributed by atoms with E-state index in [1.807, 2.05) is 12.1 Å². The Morgan fingerprint density at radius 2 is 1.59 bits per heavy atom. The molecule has 3 aromatic rings. The number of aliphatic hydroxyl groups is 1. The first kappa shape index (κ1) is 13.1. The predicted octanol–water partition coefficient (Wildman–Crippen LogP) is 4.12. The zero-order valence-electron chi connectivity index (χ0n) is 12.1. The molecule has 1 aliphatic rings. The average molecular weight is 288 g/mol. The van der Waals surface area contributed by atoms with Crippen molar-refractivity contribution in [1.29, 1.82) is 0 Å². The molecular weight excluding hydrogens is 272 g/mol. The third kappa shape index (κ3) is 1.92. The van der Waals surface area contributed by atoms with E-state index >= 15 is 0 Å². The first-order valence-corrected chi connectivity index (χ1v) is 7.41. The molecule has 2 N–H and O–H groups in total. The molecule has 0 spiro atoms. The summed E-state index contributed by atoms with van der Waals surface area (Å²) in [6.07, 6.45) is 0.928. The largest absolute Gasteiger partial charge is 0.508 e. The summed E-state index contributed by atoms with van der Waals surface area (Å²) in [6, 6.07) is 20.3. The van der Waals surface area contributed by atoms with Crippen LogP contribution in [0, 0.1) is 0 Å². The minimum atomic E-state index is -0.158. The maximum absolute atomic E-state index is 9.76. The number of hydrogen-bond acceptors (Lipinski definition) is 2. The molecule has 2 heteroatoms. The van der Waals surface area contributed by atoms with Gasteiger partial charge in [0.2, 0.25) is 0 Å². The molecule has 0 heterocycles. The lowest BCUT2D eigenvalue weighted by molar-refractivity contribution is 0.275. The maximum atomic E-state index is 9.76. The molecule has 22 heavy (non-hydrogen) atoms. The highest BCUT2D eigenvalue weighted by Gasteiger charge is 2.21. The van der Waals surface area contributed by atoms with Crippen LogP contribution in [0.25, 0.3) is 22.3 Å². The molecule has 3 aromatic carbocycles. The van der Waals surface area contributed by atoms with E-state index in [0.717, 1.165) is 12.0 Å². The van der Waals surface area contributed by atoms with E-state index in [2.05, 4.69) is 42.5 Å². The fourth-order valence-corrected chi connectivity index (χ4v) is 3.31. The Kier molecular flexibility index (Phi) is 2.98. The van der Waals surface area contributed by atoms with Gasteiger partial charge in [0.1, 0.15) is 5.75 Å². The molecule has 0 radical (unpaired) electrons. The molecule has 2 nitrogen and oxygen atoms in total. The van der Waals surface area contributed by atoms with Crippen LogP contribution in [0.15, 0.2) is 60.7 Å². The van der Waals surface area contributed by atoms with E-state index in [1.54, 1.807) is 6.07 Å². The summed E-state index contributed by atoms with van der Waals surface area (Å²) in [6.45, 7) is -0.158. The number of phenols is 1. The maximum Gasteiger partial charge on any atom is 0.121 e. The normalized spacial score (nSPS) is 12.0. The summed E-state index contributed by atoms with van der Waals surface area (Å²) in [5, 5.41) is 19.1. The van der Waals surface area contributed by atoms with Crippen LogP contribution in [-0.2, 0) is 13.0 Å². The van der Waals surface area contributed by atoms with Crippen molar-refractivity contribution >= 4 is 0 Å². The van der Waals surface area contributed by atoms with Gasteiger partial charge in [0.15, 0.2) is 0 Å². The second kappa shape index (κ2) is 5.00. The molecule has 4 rings (SSSR count). The SMILES string of the molecule is OCc1cc(-c2cccc3c2Cc2ccccc2-3)ccc1O. The molecular formula is C20H16O2. The van der Waals surface area contributed by atoms with Crippen molar-refractivity contribution in [1.82, 2.24) is 0 Å². The van der Waals surface area contributed by atoms with E-state index < -0.39 is 0 Å². The lowest BCUT2D eigenvalue weighted by Gasteiger charge is -2.11. The Hall–Kier alpha value is -2.58. The number of benzene rings is 3. The van der Waals surface area contributed by atoms with Crippen molar-refractivity contribution in [2.24, 2.45) is 0 Å². The summed E-state index contributed by atoms with van der Waals surface area (Å²) in [7, 11) is 0. The zero-order valence-corrected chi connectivity index (χ0v) is 12.1. The molecule has 0 bridgehead atoms. The van der Waals surface area contributed by atoms with Crippen molar-refractivity contribution < 1.29 is 10.2 Å². The van der Waals surface area contributed by atoms with Gasteiger partial charge in [-0.3, -0.25) is 0 Å². The third-order valence-electron chi connectivity index (χ3n) is 4.41. The van der Waals surface area contributed by atoms with Crippen molar-refractivity contribution in [2.45, 2.75) is 13.0 Å². The molecule has 0 aliphatic heterocycles. The Morgan fingerprint density at radius 1 is 0.818 bits per heavy atom. The highest BCUT2D eigenvalue weighted by molar-refractivity contribution is 5.85. The predicted molar refractivity (Wildman–Crippen MR) is 87.7 cm³/mol. The molecule has 1 aliphatic carbocycles.